The molecule has 1 aliphatic rings. The zero-order valence-electron chi connectivity index (χ0n) is 6.34. The number of rotatable bonds is 1. The maximum Gasteiger partial charge on any atom is 0.341 e. The molecular weight excluding hydrogens is 168 g/mol. The van der Waals surface area contributed by atoms with E-state index in [4.69, 9.17) is 15.3 Å². The normalized spacial score (nSPS) is 47.8. The van der Waals surface area contributed by atoms with Crippen LogP contribution in [0.5, 0.6) is 0 Å². The van der Waals surface area contributed by atoms with Crippen LogP contribution in [0.3, 0.4) is 0 Å². The Morgan fingerprint density at radius 1 is 1.50 bits per heavy atom. The average molecular weight is 178 g/mol. The first kappa shape index (κ1) is 9.40. The smallest absolute Gasteiger partial charge is 0.341 e. The molecule has 4 atom stereocenters. The summed E-state index contributed by atoms with van der Waals surface area (Å²) < 4.78 is 4.53. The Kier molecular flexibility index (Phi) is 2.09. The second-order valence-corrected chi connectivity index (χ2v) is 2.74. The molecule has 12 heavy (non-hydrogen) atoms. The molecule has 0 aliphatic carbocycles. The number of aliphatic hydroxyl groups is 3. The Bertz CT molecular complexity index is 204. The Balaban J connectivity index is 2.95. The molecule has 6 heteroatoms. The van der Waals surface area contributed by atoms with Gasteiger partial charge in [0.15, 0.2) is 6.29 Å². The van der Waals surface area contributed by atoms with Gasteiger partial charge in [-0.15, -0.1) is 0 Å². The number of carboxylic acid groups (broad SMARTS) is 1. The summed E-state index contributed by atoms with van der Waals surface area (Å²) >= 11 is 0. The molecule has 0 spiro atoms. The van der Waals surface area contributed by atoms with E-state index in [1.807, 2.05) is 0 Å². The first-order valence-corrected chi connectivity index (χ1v) is 3.38. The lowest BCUT2D eigenvalue weighted by Gasteiger charge is -2.23. The molecule has 0 amide bonds. The van der Waals surface area contributed by atoms with Gasteiger partial charge >= 0.3 is 5.97 Å². The zero-order chi connectivity index (χ0) is 9.52. The largest absolute Gasteiger partial charge is 0.479 e. The maximum atomic E-state index is 10.5. The van der Waals surface area contributed by atoms with E-state index in [-0.39, 0.29) is 0 Å². The van der Waals surface area contributed by atoms with Crippen molar-refractivity contribution in [3.05, 3.63) is 0 Å². The SMILES string of the molecule is C[C@@H]1OC(O)[C@H](O)[C@@]1(O)C(=O)O. The lowest BCUT2D eigenvalue weighted by atomic mass is 9.94. The Morgan fingerprint density at radius 3 is 2.17 bits per heavy atom. The molecule has 0 radical (unpaired) electrons. The zero-order valence-corrected chi connectivity index (χ0v) is 6.34. The highest BCUT2D eigenvalue weighted by Crippen LogP contribution is 2.29. The summed E-state index contributed by atoms with van der Waals surface area (Å²) in [6.45, 7) is 1.26. The number of aliphatic carboxylic acids is 1. The highest BCUT2D eigenvalue weighted by Gasteiger charge is 2.58. The van der Waals surface area contributed by atoms with Crippen LogP contribution in [0.1, 0.15) is 6.92 Å². The van der Waals surface area contributed by atoms with E-state index in [9.17, 15) is 9.90 Å². The molecule has 1 fully saturated rings. The summed E-state index contributed by atoms with van der Waals surface area (Å²) in [5, 5.41) is 35.8. The molecule has 0 aromatic heterocycles. The molecular formula is C6H10O6. The summed E-state index contributed by atoms with van der Waals surface area (Å²) in [5.74, 6) is -1.61. The van der Waals surface area contributed by atoms with E-state index in [0.717, 1.165) is 0 Å². The minimum Gasteiger partial charge on any atom is -0.479 e. The molecule has 6 nitrogen and oxygen atoms in total. The van der Waals surface area contributed by atoms with Crippen molar-refractivity contribution in [3.8, 4) is 0 Å². The minimum atomic E-state index is -2.42. The number of carboxylic acids is 1. The Morgan fingerprint density at radius 2 is 2.00 bits per heavy atom. The quantitative estimate of drug-likeness (QED) is 0.366. The second-order valence-electron chi connectivity index (χ2n) is 2.74. The maximum absolute atomic E-state index is 10.5. The third-order valence-corrected chi connectivity index (χ3v) is 2.03. The van der Waals surface area contributed by atoms with Gasteiger partial charge in [0.25, 0.3) is 0 Å². The topological polar surface area (TPSA) is 107 Å². The van der Waals surface area contributed by atoms with E-state index < -0.39 is 30.1 Å². The number of aliphatic hydroxyl groups excluding tert-OH is 2. The predicted octanol–water partition coefficient (Wildman–Crippen LogP) is -2.10. The van der Waals surface area contributed by atoms with E-state index in [2.05, 4.69) is 4.74 Å². The molecule has 1 aliphatic heterocycles. The van der Waals surface area contributed by atoms with Gasteiger partial charge in [-0.25, -0.2) is 4.79 Å². The van der Waals surface area contributed by atoms with E-state index in [1.165, 1.54) is 6.92 Å². The third kappa shape index (κ3) is 1.00. The molecule has 0 aromatic carbocycles. The van der Waals surface area contributed by atoms with Crippen LogP contribution in [-0.4, -0.2) is 50.5 Å². The predicted molar refractivity (Wildman–Crippen MR) is 35.1 cm³/mol. The van der Waals surface area contributed by atoms with Crippen LogP contribution >= 0.6 is 0 Å². The number of carbonyl (C=O) groups is 1. The minimum absolute atomic E-state index is 1.14. The summed E-state index contributed by atoms with van der Waals surface area (Å²) in [6.07, 6.45) is -4.61. The van der Waals surface area contributed by atoms with Crippen molar-refractivity contribution >= 4 is 5.97 Å². The van der Waals surface area contributed by atoms with Gasteiger partial charge in [-0.2, -0.15) is 0 Å². The highest BCUT2D eigenvalue weighted by atomic mass is 16.6. The lowest BCUT2D eigenvalue weighted by Crippen LogP contribution is -2.53. The lowest BCUT2D eigenvalue weighted by molar-refractivity contribution is -0.172. The van der Waals surface area contributed by atoms with Crippen LogP contribution in [0.25, 0.3) is 0 Å². The van der Waals surface area contributed by atoms with E-state index >= 15 is 0 Å². The third-order valence-electron chi connectivity index (χ3n) is 2.03. The van der Waals surface area contributed by atoms with Crippen LogP contribution in [0, 0.1) is 0 Å². The first-order chi connectivity index (χ1) is 5.40. The molecule has 4 N–H and O–H groups in total. The Labute approximate surface area is 68.0 Å². The van der Waals surface area contributed by atoms with Crippen molar-refractivity contribution < 1.29 is 30.0 Å². The van der Waals surface area contributed by atoms with Gasteiger partial charge in [-0.1, -0.05) is 0 Å². The molecule has 1 saturated heterocycles. The fourth-order valence-corrected chi connectivity index (χ4v) is 1.15. The molecule has 0 saturated carbocycles. The number of hydrogen-bond donors (Lipinski definition) is 4. The van der Waals surface area contributed by atoms with Gasteiger partial charge < -0.3 is 25.2 Å². The fraction of sp³-hybridized carbons (Fsp3) is 0.833. The van der Waals surface area contributed by atoms with Gasteiger partial charge in [0.2, 0.25) is 5.60 Å². The van der Waals surface area contributed by atoms with Gasteiger partial charge in [0.1, 0.15) is 12.2 Å². The molecule has 70 valence electrons. The van der Waals surface area contributed by atoms with E-state index in [1.54, 1.807) is 0 Å². The first-order valence-electron chi connectivity index (χ1n) is 3.38. The summed E-state index contributed by atoms with van der Waals surface area (Å²) in [5.41, 5.74) is -2.42. The molecule has 1 heterocycles. The molecule has 0 aromatic rings. The van der Waals surface area contributed by atoms with Crippen molar-refractivity contribution in [1.29, 1.82) is 0 Å². The van der Waals surface area contributed by atoms with Crippen LogP contribution in [0.15, 0.2) is 0 Å². The van der Waals surface area contributed by atoms with Gasteiger partial charge in [0, 0.05) is 0 Å². The van der Waals surface area contributed by atoms with Gasteiger partial charge in [-0.3, -0.25) is 0 Å². The standard InChI is InChI=1S/C6H10O6/c1-2-6(11,5(9)10)3(7)4(8)12-2/h2-4,7-8,11H,1H3,(H,9,10)/t2-,3-,4?,6+/m0/s1. The summed E-state index contributed by atoms with van der Waals surface area (Å²) in [4.78, 5) is 10.5. The van der Waals surface area contributed by atoms with Gasteiger partial charge in [-0.05, 0) is 6.92 Å². The number of ether oxygens (including phenoxy) is 1. The highest BCUT2D eigenvalue weighted by molar-refractivity contribution is 5.79. The fourth-order valence-electron chi connectivity index (χ4n) is 1.15. The molecule has 0 bridgehead atoms. The van der Waals surface area contributed by atoms with Crippen LogP contribution in [0.2, 0.25) is 0 Å². The van der Waals surface area contributed by atoms with Crippen LogP contribution in [-0.2, 0) is 9.53 Å². The molecule has 1 rings (SSSR count). The van der Waals surface area contributed by atoms with Crippen molar-refractivity contribution in [1.82, 2.24) is 0 Å². The van der Waals surface area contributed by atoms with Crippen LogP contribution < -0.4 is 0 Å². The molecule has 1 unspecified atom stereocenters. The van der Waals surface area contributed by atoms with Crippen LogP contribution in [0.4, 0.5) is 0 Å². The van der Waals surface area contributed by atoms with E-state index in [0.29, 0.717) is 0 Å². The average Bonchev–Trinajstić information content (AvgIpc) is 2.16. The summed E-state index contributed by atoms with van der Waals surface area (Å²) in [6, 6.07) is 0. The monoisotopic (exact) mass is 178 g/mol. The van der Waals surface area contributed by atoms with Gasteiger partial charge in [0.05, 0.1) is 0 Å². The second kappa shape index (κ2) is 2.67. The Hall–Kier alpha value is -0.690. The van der Waals surface area contributed by atoms with Crippen molar-refractivity contribution in [2.45, 2.75) is 31.0 Å². The summed E-state index contributed by atoms with van der Waals surface area (Å²) in [7, 11) is 0. The van der Waals surface area contributed by atoms with Crippen molar-refractivity contribution in [2.24, 2.45) is 0 Å². The number of hydrogen-bond acceptors (Lipinski definition) is 5. The van der Waals surface area contributed by atoms with Crippen molar-refractivity contribution in [2.75, 3.05) is 0 Å². The van der Waals surface area contributed by atoms with Crippen molar-refractivity contribution in [3.63, 3.8) is 0 Å².